The van der Waals surface area contributed by atoms with Gasteiger partial charge in [-0.25, -0.2) is 19.1 Å². The van der Waals surface area contributed by atoms with Crippen LogP contribution in [-0.2, 0) is 19.0 Å². The van der Waals surface area contributed by atoms with Gasteiger partial charge in [0, 0.05) is 39.2 Å². The molecule has 3 rings (SSSR count). The van der Waals surface area contributed by atoms with Crippen LogP contribution in [0.4, 0.5) is 10.5 Å². The Kier molecular flexibility index (Phi) is 5.02. The van der Waals surface area contributed by atoms with Crippen LogP contribution in [-0.4, -0.2) is 53.1 Å². The second-order valence-electron chi connectivity index (χ2n) is 8.01. The Morgan fingerprint density at radius 1 is 1.24 bits per heavy atom. The van der Waals surface area contributed by atoms with Gasteiger partial charge >= 0.3 is 18.0 Å². The van der Waals surface area contributed by atoms with Crippen molar-refractivity contribution < 1.29 is 28.6 Å². The lowest BCUT2D eigenvalue weighted by Crippen LogP contribution is -2.38. The molecule has 156 valence electrons. The molecule has 1 fully saturated rings. The molecule has 2 heterocycles. The van der Waals surface area contributed by atoms with Crippen LogP contribution in [0, 0.1) is 0 Å². The quantitative estimate of drug-likeness (QED) is 0.436. The maximum absolute atomic E-state index is 12.7. The summed E-state index contributed by atoms with van der Waals surface area (Å²) in [5.74, 6) is -1.00. The van der Waals surface area contributed by atoms with E-state index < -0.39 is 23.4 Å². The molecule has 0 bridgehead atoms. The minimum Gasteiger partial charge on any atom is -0.465 e. The zero-order chi connectivity index (χ0) is 21.6. The molecular formula is C20H25N3O6. The summed E-state index contributed by atoms with van der Waals surface area (Å²) in [5, 5.41) is 0.422. The fourth-order valence-corrected chi connectivity index (χ4v) is 3.23. The van der Waals surface area contributed by atoms with E-state index in [4.69, 9.17) is 14.2 Å². The smallest absolute Gasteiger partial charge is 0.420 e. The first kappa shape index (κ1) is 20.6. The van der Waals surface area contributed by atoms with Gasteiger partial charge in [-0.3, -0.25) is 4.79 Å². The Balaban J connectivity index is 2.17. The first-order valence-electron chi connectivity index (χ1n) is 9.24. The minimum absolute atomic E-state index is 0.168. The fraction of sp³-hybridized carbons (Fsp3) is 0.500. The highest BCUT2D eigenvalue weighted by atomic mass is 16.6. The van der Waals surface area contributed by atoms with Gasteiger partial charge < -0.3 is 19.1 Å². The van der Waals surface area contributed by atoms with Crippen molar-refractivity contribution in [2.45, 2.75) is 51.9 Å². The Bertz CT molecular complexity index is 984. The SMILES string of the molecule is COC(=O)c1cn(C(=O)OC(C)(C)C)c2nccc(N(C)C3(OC(C)=O)CC3)c12. The van der Waals surface area contributed by atoms with E-state index >= 15 is 0 Å². The number of ether oxygens (including phenoxy) is 3. The van der Waals surface area contributed by atoms with Crippen molar-refractivity contribution in [2.24, 2.45) is 0 Å². The highest BCUT2D eigenvalue weighted by Gasteiger charge is 2.51. The topological polar surface area (TPSA) is 100.0 Å². The molecular weight excluding hydrogens is 378 g/mol. The maximum Gasteiger partial charge on any atom is 0.420 e. The van der Waals surface area contributed by atoms with Crippen molar-refractivity contribution in [3.8, 4) is 0 Å². The number of hydrogen-bond donors (Lipinski definition) is 0. The molecule has 0 aromatic carbocycles. The van der Waals surface area contributed by atoms with E-state index in [1.54, 1.807) is 38.8 Å². The lowest BCUT2D eigenvalue weighted by molar-refractivity contribution is -0.148. The van der Waals surface area contributed by atoms with Gasteiger partial charge in [-0.05, 0) is 26.8 Å². The highest BCUT2D eigenvalue weighted by Crippen LogP contribution is 2.46. The molecule has 0 unspecified atom stereocenters. The zero-order valence-corrected chi connectivity index (χ0v) is 17.4. The molecule has 1 saturated carbocycles. The average Bonchev–Trinajstić information content (AvgIpc) is 3.28. The van der Waals surface area contributed by atoms with E-state index in [1.165, 1.54) is 31.0 Å². The van der Waals surface area contributed by atoms with Gasteiger partial charge in [-0.1, -0.05) is 0 Å². The fourth-order valence-electron chi connectivity index (χ4n) is 3.23. The predicted molar refractivity (Wildman–Crippen MR) is 105 cm³/mol. The van der Waals surface area contributed by atoms with Crippen LogP contribution in [0.5, 0.6) is 0 Å². The summed E-state index contributed by atoms with van der Waals surface area (Å²) < 4.78 is 17.0. The molecule has 1 aliphatic rings. The summed E-state index contributed by atoms with van der Waals surface area (Å²) in [4.78, 5) is 42.8. The number of nitrogens with zero attached hydrogens (tertiary/aromatic N) is 3. The number of hydrogen-bond acceptors (Lipinski definition) is 8. The van der Waals surface area contributed by atoms with Gasteiger partial charge in [0.15, 0.2) is 11.4 Å². The van der Waals surface area contributed by atoms with E-state index in [0.717, 1.165) is 0 Å². The van der Waals surface area contributed by atoms with Gasteiger partial charge in [0.05, 0.1) is 23.7 Å². The third kappa shape index (κ3) is 3.90. The number of carbonyl (C=O) groups is 3. The molecule has 0 saturated heterocycles. The summed E-state index contributed by atoms with van der Waals surface area (Å²) in [6.45, 7) is 6.61. The molecule has 1 aliphatic carbocycles. The largest absolute Gasteiger partial charge is 0.465 e. The summed E-state index contributed by atoms with van der Waals surface area (Å²) in [7, 11) is 3.04. The first-order chi connectivity index (χ1) is 13.5. The van der Waals surface area contributed by atoms with Crippen LogP contribution in [0.1, 0.15) is 50.9 Å². The molecule has 0 radical (unpaired) electrons. The number of anilines is 1. The lowest BCUT2D eigenvalue weighted by atomic mass is 10.1. The third-order valence-electron chi connectivity index (χ3n) is 4.64. The Morgan fingerprint density at radius 3 is 2.41 bits per heavy atom. The molecule has 0 N–H and O–H groups in total. The molecule has 0 spiro atoms. The highest BCUT2D eigenvalue weighted by molar-refractivity contribution is 6.10. The van der Waals surface area contributed by atoms with E-state index in [2.05, 4.69) is 4.98 Å². The van der Waals surface area contributed by atoms with Crippen molar-refractivity contribution >= 4 is 34.8 Å². The minimum atomic E-state index is -0.776. The summed E-state index contributed by atoms with van der Waals surface area (Å²) >= 11 is 0. The van der Waals surface area contributed by atoms with Crippen molar-refractivity contribution in [2.75, 3.05) is 19.1 Å². The molecule has 0 aliphatic heterocycles. The van der Waals surface area contributed by atoms with Crippen LogP contribution in [0.25, 0.3) is 11.0 Å². The normalized spacial score (nSPS) is 15.0. The van der Waals surface area contributed by atoms with Gasteiger partial charge in [0.1, 0.15) is 5.60 Å². The molecule has 0 amide bonds. The van der Waals surface area contributed by atoms with Gasteiger partial charge in [0.2, 0.25) is 0 Å². The Hall–Kier alpha value is -3.10. The zero-order valence-electron chi connectivity index (χ0n) is 17.4. The number of carbonyl (C=O) groups excluding carboxylic acids is 3. The number of pyridine rings is 1. The second-order valence-corrected chi connectivity index (χ2v) is 8.01. The van der Waals surface area contributed by atoms with Crippen LogP contribution < -0.4 is 4.90 Å². The van der Waals surface area contributed by atoms with Crippen molar-refractivity contribution in [3.05, 3.63) is 24.0 Å². The molecule has 0 atom stereocenters. The van der Waals surface area contributed by atoms with Crippen molar-refractivity contribution in [1.82, 2.24) is 9.55 Å². The number of methoxy groups -OCH3 is 1. The lowest BCUT2D eigenvalue weighted by Gasteiger charge is -2.30. The van der Waals surface area contributed by atoms with Crippen LogP contribution in [0.15, 0.2) is 18.5 Å². The van der Waals surface area contributed by atoms with Gasteiger partial charge in [-0.15, -0.1) is 0 Å². The van der Waals surface area contributed by atoms with E-state index in [1.807, 2.05) is 0 Å². The van der Waals surface area contributed by atoms with Gasteiger partial charge in [0.25, 0.3) is 0 Å². The van der Waals surface area contributed by atoms with Crippen molar-refractivity contribution in [1.29, 1.82) is 0 Å². The number of aromatic nitrogens is 2. The number of rotatable bonds is 4. The molecule has 9 nitrogen and oxygen atoms in total. The van der Waals surface area contributed by atoms with Crippen molar-refractivity contribution in [3.63, 3.8) is 0 Å². The number of fused-ring (bicyclic) bond motifs is 1. The van der Waals surface area contributed by atoms with E-state index in [-0.39, 0.29) is 17.2 Å². The molecule has 29 heavy (non-hydrogen) atoms. The van der Waals surface area contributed by atoms with Crippen LogP contribution in [0.2, 0.25) is 0 Å². The van der Waals surface area contributed by atoms with E-state index in [0.29, 0.717) is 23.9 Å². The first-order valence-corrected chi connectivity index (χ1v) is 9.24. The Labute approximate surface area is 168 Å². The summed E-state index contributed by atoms with van der Waals surface area (Å²) in [6.07, 6.45) is 3.55. The standard InChI is InChI=1S/C20H25N3O6/c1-12(24)28-20(8-9-20)22(5)14-7-10-21-16-15(14)13(17(25)27-6)11-23(16)18(26)29-19(2,3)4/h7,10-11H,8-9H2,1-6H3. The predicted octanol–water partition coefficient (Wildman–Crippen LogP) is 3.10. The molecule has 2 aromatic rings. The summed E-state index contributed by atoms with van der Waals surface area (Å²) in [5.41, 5.74) is -0.483. The second kappa shape index (κ2) is 7.06. The third-order valence-corrected chi connectivity index (χ3v) is 4.64. The van der Waals surface area contributed by atoms with Crippen LogP contribution in [0.3, 0.4) is 0 Å². The van der Waals surface area contributed by atoms with E-state index in [9.17, 15) is 14.4 Å². The van der Waals surface area contributed by atoms with Gasteiger partial charge in [-0.2, -0.15) is 0 Å². The summed E-state index contributed by atoms with van der Waals surface area (Å²) in [6, 6.07) is 1.71. The average molecular weight is 403 g/mol. The Morgan fingerprint density at radius 2 is 1.90 bits per heavy atom. The maximum atomic E-state index is 12.7. The number of esters is 2. The molecule has 9 heteroatoms. The molecule has 2 aromatic heterocycles. The monoisotopic (exact) mass is 403 g/mol. The van der Waals surface area contributed by atoms with Crippen LogP contribution >= 0.6 is 0 Å².